The van der Waals surface area contributed by atoms with Crippen LogP contribution in [0.3, 0.4) is 0 Å². The number of carbonyl (C=O) groups is 2. The molecule has 86 valence electrons. The first kappa shape index (κ1) is 12.9. The van der Waals surface area contributed by atoms with E-state index >= 15 is 0 Å². The molecule has 1 aromatic rings. The molecule has 1 rings (SSSR count). The Balaban J connectivity index is 2.95. The molecule has 0 fully saturated rings. The van der Waals surface area contributed by atoms with Gasteiger partial charge in [-0.05, 0) is 47.7 Å². The van der Waals surface area contributed by atoms with E-state index < -0.39 is 5.91 Å². The fourth-order valence-corrected chi connectivity index (χ4v) is 1.57. The number of rotatable bonds is 4. The van der Waals surface area contributed by atoms with Crippen LogP contribution in [0.25, 0.3) is 6.08 Å². The van der Waals surface area contributed by atoms with Gasteiger partial charge in [-0.25, -0.2) is 5.84 Å². The number of hydrogen-bond acceptors (Lipinski definition) is 4. The summed E-state index contributed by atoms with van der Waals surface area (Å²) >= 11 is 2.01. The van der Waals surface area contributed by atoms with Gasteiger partial charge in [-0.3, -0.25) is 15.0 Å². The van der Waals surface area contributed by atoms with Crippen LogP contribution in [0.2, 0.25) is 0 Å². The quantitative estimate of drug-likeness (QED) is 0.285. The summed E-state index contributed by atoms with van der Waals surface area (Å²) in [5.41, 5.74) is 2.27. The van der Waals surface area contributed by atoms with Gasteiger partial charge in [-0.2, -0.15) is 0 Å². The third kappa shape index (κ3) is 3.78. The Hall–Kier alpha value is -1.15. The standard InChI is InChI=1S/C10H11IN2O3/c1-6(14)4-7(10(15)13-12)5-8-2-3-9(11)16-8/h2-3,5H,4,12H2,1H3,(H,13,15)/b7-5-. The van der Waals surface area contributed by atoms with Crippen molar-refractivity contribution in [1.29, 1.82) is 0 Å². The number of halogens is 1. The minimum atomic E-state index is -0.485. The summed E-state index contributed by atoms with van der Waals surface area (Å²) in [6.45, 7) is 1.41. The molecule has 0 unspecified atom stereocenters. The highest BCUT2D eigenvalue weighted by molar-refractivity contribution is 14.1. The van der Waals surface area contributed by atoms with Crippen LogP contribution >= 0.6 is 22.6 Å². The van der Waals surface area contributed by atoms with Gasteiger partial charge in [0.2, 0.25) is 0 Å². The maximum atomic E-state index is 11.4. The number of nitrogens with one attached hydrogen (secondary N) is 1. The zero-order chi connectivity index (χ0) is 12.1. The van der Waals surface area contributed by atoms with Gasteiger partial charge >= 0.3 is 0 Å². The van der Waals surface area contributed by atoms with Gasteiger partial charge in [0.1, 0.15) is 11.5 Å². The van der Waals surface area contributed by atoms with E-state index in [2.05, 4.69) is 0 Å². The molecular weight excluding hydrogens is 323 g/mol. The molecule has 0 saturated carbocycles. The zero-order valence-electron chi connectivity index (χ0n) is 8.62. The maximum absolute atomic E-state index is 11.4. The van der Waals surface area contributed by atoms with Gasteiger partial charge in [0.25, 0.3) is 5.91 Å². The van der Waals surface area contributed by atoms with Gasteiger partial charge in [0.15, 0.2) is 3.77 Å². The van der Waals surface area contributed by atoms with Gasteiger partial charge < -0.3 is 4.42 Å². The lowest BCUT2D eigenvalue weighted by molar-refractivity contribution is -0.120. The van der Waals surface area contributed by atoms with E-state index in [1.807, 2.05) is 28.0 Å². The third-order valence-corrected chi connectivity index (χ3v) is 2.35. The van der Waals surface area contributed by atoms with E-state index in [1.165, 1.54) is 13.0 Å². The van der Waals surface area contributed by atoms with Crippen molar-refractivity contribution in [1.82, 2.24) is 5.43 Å². The number of hydrazine groups is 1. The summed E-state index contributed by atoms with van der Waals surface area (Å²) in [5.74, 6) is 4.94. The summed E-state index contributed by atoms with van der Waals surface area (Å²) < 4.78 is 5.98. The predicted octanol–water partition coefficient (Wildman–Crippen LogP) is 1.24. The molecule has 1 amide bonds. The number of ketones is 1. The van der Waals surface area contributed by atoms with E-state index in [0.29, 0.717) is 9.53 Å². The van der Waals surface area contributed by atoms with Crippen LogP contribution in [0.15, 0.2) is 22.1 Å². The van der Waals surface area contributed by atoms with Gasteiger partial charge in [-0.15, -0.1) is 0 Å². The number of Topliss-reactive ketones (excluding diaryl/α,β-unsaturated/α-hetero) is 1. The maximum Gasteiger partial charge on any atom is 0.261 e. The first-order valence-corrected chi connectivity index (χ1v) is 5.57. The van der Waals surface area contributed by atoms with E-state index in [-0.39, 0.29) is 17.8 Å². The lowest BCUT2D eigenvalue weighted by Crippen LogP contribution is -2.31. The second kappa shape index (κ2) is 5.80. The Labute approximate surface area is 106 Å². The minimum Gasteiger partial charge on any atom is -0.451 e. The third-order valence-electron chi connectivity index (χ3n) is 1.77. The van der Waals surface area contributed by atoms with Crippen LogP contribution in [0.4, 0.5) is 0 Å². The Morgan fingerprint density at radius 2 is 2.25 bits per heavy atom. The highest BCUT2D eigenvalue weighted by Crippen LogP contribution is 2.15. The van der Waals surface area contributed by atoms with Gasteiger partial charge in [0.05, 0.1) is 0 Å². The summed E-state index contributed by atoms with van der Waals surface area (Å²) in [6, 6.07) is 3.48. The van der Waals surface area contributed by atoms with Crippen molar-refractivity contribution >= 4 is 40.4 Å². The minimum absolute atomic E-state index is 0.0281. The highest BCUT2D eigenvalue weighted by atomic mass is 127. The van der Waals surface area contributed by atoms with Crippen molar-refractivity contribution in [3.05, 3.63) is 27.2 Å². The van der Waals surface area contributed by atoms with Crippen molar-refractivity contribution < 1.29 is 14.0 Å². The van der Waals surface area contributed by atoms with Crippen molar-refractivity contribution in [2.24, 2.45) is 5.84 Å². The molecule has 6 heteroatoms. The molecule has 1 aromatic heterocycles. The fourth-order valence-electron chi connectivity index (χ4n) is 1.14. The molecule has 0 radical (unpaired) electrons. The molecule has 0 atom stereocenters. The molecule has 0 bridgehead atoms. The van der Waals surface area contributed by atoms with E-state index in [1.54, 1.807) is 12.1 Å². The van der Waals surface area contributed by atoms with Gasteiger partial charge in [0, 0.05) is 12.0 Å². The fraction of sp³-hybridized carbons (Fsp3) is 0.200. The second-order valence-electron chi connectivity index (χ2n) is 3.16. The molecule has 3 N–H and O–H groups in total. The Morgan fingerprint density at radius 1 is 1.56 bits per heavy atom. The van der Waals surface area contributed by atoms with Crippen molar-refractivity contribution in [2.75, 3.05) is 0 Å². The first-order valence-electron chi connectivity index (χ1n) is 4.49. The van der Waals surface area contributed by atoms with E-state index in [9.17, 15) is 9.59 Å². The normalized spacial score (nSPS) is 11.3. The van der Waals surface area contributed by atoms with Crippen molar-refractivity contribution in [2.45, 2.75) is 13.3 Å². The monoisotopic (exact) mass is 334 g/mol. The average molecular weight is 334 g/mol. The zero-order valence-corrected chi connectivity index (χ0v) is 10.8. The number of furan rings is 1. The smallest absolute Gasteiger partial charge is 0.261 e. The molecule has 16 heavy (non-hydrogen) atoms. The average Bonchev–Trinajstić information content (AvgIpc) is 2.61. The molecule has 0 aliphatic rings. The Morgan fingerprint density at radius 3 is 2.69 bits per heavy atom. The van der Waals surface area contributed by atoms with Crippen LogP contribution in [-0.4, -0.2) is 11.7 Å². The number of amides is 1. The lowest BCUT2D eigenvalue weighted by Gasteiger charge is -2.02. The first-order chi connectivity index (χ1) is 7.52. The van der Waals surface area contributed by atoms with Crippen LogP contribution in [0, 0.1) is 3.77 Å². The van der Waals surface area contributed by atoms with Crippen LogP contribution in [0.5, 0.6) is 0 Å². The lowest BCUT2D eigenvalue weighted by atomic mass is 10.1. The molecule has 5 nitrogen and oxygen atoms in total. The topological polar surface area (TPSA) is 85.3 Å². The number of nitrogens with two attached hydrogens (primary N) is 1. The molecule has 0 spiro atoms. The van der Waals surface area contributed by atoms with Crippen molar-refractivity contribution in [3.8, 4) is 0 Å². The molecule has 0 aromatic carbocycles. The van der Waals surface area contributed by atoms with E-state index in [4.69, 9.17) is 10.3 Å². The SMILES string of the molecule is CC(=O)C/C(=C/c1ccc(I)o1)C(=O)NN. The predicted molar refractivity (Wildman–Crippen MR) is 67.0 cm³/mol. The summed E-state index contributed by atoms with van der Waals surface area (Å²) in [7, 11) is 0. The van der Waals surface area contributed by atoms with E-state index in [0.717, 1.165) is 0 Å². The largest absolute Gasteiger partial charge is 0.451 e. The molecule has 0 aliphatic heterocycles. The van der Waals surface area contributed by atoms with Crippen LogP contribution in [0.1, 0.15) is 19.1 Å². The number of carbonyl (C=O) groups excluding carboxylic acids is 2. The highest BCUT2D eigenvalue weighted by Gasteiger charge is 2.11. The van der Waals surface area contributed by atoms with Crippen LogP contribution < -0.4 is 11.3 Å². The van der Waals surface area contributed by atoms with Crippen molar-refractivity contribution in [3.63, 3.8) is 0 Å². The Bertz CT molecular complexity index is 437. The Kier molecular flexibility index (Phi) is 4.69. The van der Waals surface area contributed by atoms with Gasteiger partial charge in [-0.1, -0.05) is 0 Å². The summed E-state index contributed by atoms with van der Waals surface area (Å²) in [4.78, 5) is 22.3. The summed E-state index contributed by atoms with van der Waals surface area (Å²) in [6.07, 6.45) is 1.53. The molecule has 0 saturated heterocycles. The number of hydrogen-bond donors (Lipinski definition) is 2. The molecule has 0 aliphatic carbocycles. The second-order valence-corrected chi connectivity index (χ2v) is 4.23. The molecule has 1 heterocycles. The molecular formula is C10H11IN2O3. The van der Waals surface area contributed by atoms with Crippen LogP contribution in [-0.2, 0) is 9.59 Å². The summed E-state index contributed by atoms with van der Waals surface area (Å²) in [5, 5.41) is 0.